The first-order valence-corrected chi connectivity index (χ1v) is 4.37. The Labute approximate surface area is 89.0 Å². The summed E-state index contributed by atoms with van der Waals surface area (Å²) in [6.07, 6.45) is -0.312. The number of hydrogen-bond donors (Lipinski definition) is 0. The van der Waals surface area contributed by atoms with Crippen molar-refractivity contribution < 1.29 is 13.2 Å². The van der Waals surface area contributed by atoms with Crippen molar-refractivity contribution in [1.82, 2.24) is 15.0 Å². The number of halogens is 3. The van der Waals surface area contributed by atoms with Crippen molar-refractivity contribution in [3.63, 3.8) is 0 Å². The van der Waals surface area contributed by atoms with Crippen LogP contribution < -0.4 is 0 Å². The van der Waals surface area contributed by atoms with Crippen LogP contribution in [-0.2, 0) is 6.18 Å². The van der Waals surface area contributed by atoms with Crippen LogP contribution in [0.1, 0.15) is 5.69 Å². The highest BCUT2D eigenvalue weighted by Crippen LogP contribution is 2.28. The molecule has 0 aliphatic rings. The van der Waals surface area contributed by atoms with Crippen LogP contribution in [0.4, 0.5) is 13.2 Å². The lowest BCUT2D eigenvalue weighted by atomic mass is 10.2. The van der Waals surface area contributed by atoms with Gasteiger partial charge in [-0.2, -0.15) is 13.2 Å². The molecule has 2 heterocycles. The monoisotopic (exact) mass is 225 g/mol. The van der Waals surface area contributed by atoms with Crippen LogP contribution in [-0.4, -0.2) is 15.0 Å². The second kappa shape index (κ2) is 3.88. The van der Waals surface area contributed by atoms with E-state index >= 15 is 0 Å². The van der Waals surface area contributed by atoms with E-state index in [1.54, 1.807) is 0 Å². The van der Waals surface area contributed by atoms with E-state index in [9.17, 15) is 13.2 Å². The van der Waals surface area contributed by atoms with Crippen molar-refractivity contribution in [3.8, 4) is 11.3 Å². The predicted molar refractivity (Wildman–Crippen MR) is 50.3 cm³/mol. The summed E-state index contributed by atoms with van der Waals surface area (Å²) in [5, 5.41) is 0. The summed E-state index contributed by atoms with van der Waals surface area (Å²) in [6, 6.07) is 3.71. The first-order valence-electron chi connectivity index (χ1n) is 4.37. The number of rotatable bonds is 1. The molecule has 3 nitrogen and oxygen atoms in total. The fourth-order valence-corrected chi connectivity index (χ4v) is 1.18. The first kappa shape index (κ1) is 10.5. The molecule has 82 valence electrons. The Bertz CT molecular complexity index is 482. The molecular weight excluding hydrogens is 219 g/mol. The molecule has 0 saturated carbocycles. The third-order valence-electron chi connectivity index (χ3n) is 1.90. The molecule has 0 atom stereocenters. The van der Waals surface area contributed by atoms with Gasteiger partial charge in [0.2, 0.25) is 0 Å². The van der Waals surface area contributed by atoms with Gasteiger partial charge in [-0.3, -0.25) is 0 Å². The predicted octanol–water partition coefficient (Wildman–Crippen LogP) is 2.56. The van der Waals surface area contributed by atoms with Gasteiger partial charge in [0.05, 0.1) is 5.69 Å². The van der Waals surface area contributed by atoms with Crippen LogP contribution in [0.15, 0.2) is 36.9 Å². The molecule has 0 saturated heterocycles. The smallest absolute Gasteiger partial charge is 0.244 e. The summed E-state index contributed by atoms with van der Waals surface area (Å²) in [5.41, 5.74) is -0.266. The highest BCUT2D eigenvalue weighted by atomic mass is 19.4. The van der Waals surface area contributed by atoms with Crippen molar-refractivity contribution in [2.75, 3.05) is 0 Å². The van der Waals surface area contributed by atoms with Crippen molar-refractivity contribution in [2.45, 2.75) is 6.18 Å². The summed E-state index contributed by atoms with van der Waals surface area (Å²) in [7, 11) is 0. The van der Waals surface area contributed by atoms with E-state index in [1.165, 1.54) is 30.9 Å². The first-order chi connectivity index (χ1) is 7.57. The van der Waals surface area contributed by atoms with E-state index < -0.39 is 11.9 Å². The van der Waals surface area contributed by atoms with Gasteiger partial charge >= 0.3 is 6.18 Å². The van der Waals surface area contributed by atoms with Gasteiger partial charge in [-0.15, -0.1) is 0 Å². The molecule has 0 spiro atoms. The van der Waals surface area contributed by atoms with Crippen LogP contribution in [0.25, 0.3) is 11.3 Å². The van der Waals surface area contributed by atoms with Gasteiger partial charge in [0.25, 0.3) is 0 Å². The minimum atomic E-state index is -4.44. The fraction of sp³-hybridized carbons (Fsp3) is 0.100. The Morgan fingerprint density at radius 2 is 1.69 bits per heavy atom. The zero-order valence-electron chi connectivity index (χ0n) is 7.94. The van der Waals surface area contributed by atoms with Crippen LogP contribution in [0, 0.1) is 0 Å². The van der Waals surface area contributed by atoms with Crippen molar-refractivity contribution in [1.29, 1.82) is 0 Å². The molecule has 0 N–H and O–H groups in total. The number of hydrogen-bond acceptors (Lipinski definition) is 3. The maximum absolute atomic E-state index is 12.4. The Kier molecular flexibility index (Phi) is 2.55. The summed E-state index contributed by atoms with van der Waals surface area (Å²) in [4.78, 5) is 11.0. The number of pyridine rings is 1. The Morgan fingerprint density at radius 3 is 2.31 bits per heavy atom. The third kappa shape index (κ3) is 2.16. The minimum Gasteiger partial charge on any atom is -0.244 e. The summed E-state index contributed by atoms with van der Waals surface area (Å²) < 4.78 is 37.2. The van der Waals surface area contributed by atoms with Crippen molar-refractivity contribution >= 4 is 0 Å². The van der Waals surface area contributed by atoms with Gasteiger partial charge in [0.1, 0.15) is 12.0 Å². The maximum atomic E-state index is 12.4. The quantitative estimate of drug-likeness (QED) is 0.748. The highest BCUT2D eigenvalue weighted by Gasteiger charge is 2.32. The Hall–Kier alpha value is -1.98. The zero-order valence-corrected chi connectivity index (χ0v) is 7.94. The van der Waals surface area contributed by atoms with Gasteiger partial charge in [0, 0.05) is 18.0 Å². The minimum absolute atomic E-state index is 0.204. The average Bonchev–Trinajstić information content (AvgIpc) is 2.29. The number of aromatic nitrogens is 3. The normalized spacial score (nSPS) is 11.4. The molecule has 0 aromatic carbocycles. The van der Waals surface area contributed by atoms with Gasteiger partial charge in [-0.1, -0.05) is 6.07 Å². The largest absolute Gasteiger partial charge is 0.433 e. The molecule has 2 rings (SSSR count). The zero-order chi connectivity index (χ0) is 11.6. The van der Waals surface area contributed by atoms with Crippen molar-refractivity contribution in [2.24, 2.45) is 0 Å². The molecule has 0 aliphatic heterocycles. The number of nitrogens with zero attached hydrogens (tertiary/aromatic N) is 3. The van der Waals surface area contributed by atoms with Crippen LogP contribution >= 0.6 is 0 Å². The average molecular weight is 225 g/mol. The van der Waals surface area contributed by atoms with E-state index in [0.29, 0.717) is 5.56 Å². The van der Waals surface area contributed by atoms with E-state index in [-0.39, 0.29) is 5.69 Å². The van der Waals surface area contributed by atoms with E-state index in [1.807, 2.05) is 0 Å². The lowest BCUT2D eigenvalue weighted by Crippen LogP contribution is -2.08. The topological polar surface area (TPSA) is 38.7 Å². The van der Waals surface area contributed by atoms with E-state index in [4.69, 9.17) is 0 Å². The van der Waals surface area contributed by atoms with Crippen molar-refractivity contribution in [3.05, 3.63) is 42.6 Å². The molecule has 0 fully saturated rings. The maximum Gasteiger partial charge on any atom is 0.433 e. The Morgan fingerprint density at radius 1 is 1.00 bits per heavy atom. The Balaban J connectivity index is 2.45. The molecule has 16 heavy (non-hydrogen) atoms. The molecule has 6 heteroatoms. The van der Waals surface area contributed by atoms with Crippen LogP contribution in [0.5, 0.6) is 0 Å². The van der Waals surface area contributed by atoms with E-state index in [0.717, 1.165) is 6.07 Å². The second-order valence-corrected chi connectivity index (χ2v) is 3.03. The summed E-state index contributed by atoms with van der Waals surface area (Å²) in [5.74, 6) is 0. The van der Waals surface area contributed by atoms with Crippen LogP contribution in [0.3, 0.4) is 0 Å². The molecule has 0 aliphatic carbocycles. The number of alkyl halides is 3. The van der Waals surface area contributed by atoms with E-state index in [2.05, 4.69) is 15.0 Å². The molecule has 0 amide bonds. The molecule has 2 aromatic rings. The second-order valence-electron chi connectivity index (χ2n) is 3.03. The molecular formula is C10H6F3N3. The van der Waals surface area contributed by atoms with Gasteiger partial charge in [-0.25, -0.2) is 15.0 Å². The summed E-state index contributed by atoms with van der Waals surface area (Å²) >= 11 is 0. The lowest BCUT2D eigenvalue weighted by Gasteiger charge is -2.06. The fourth-order valence-electron chi connectivity index (χ4n) is 1.18. The molecule has 0 unspecified atom stereocenters. The highest BCUT2D eigenvalue weighted by molar-refractivity contribution is 5.56. The molecule has 0 bridgehead atoms. The summed E-state index contributed by atoms with van der Waals surface area (Å²) in [6.45, 7) is 0. The SMILES string of the molecule is FC(F)(F)c1cccc(-c2cncnc2)n1. The van der Waals surface area contributed by atoms with Gasteiger partial charge < -0.3 is 0 Å². The third-order valence-corrected chi connectivity index (χ3v) is 1.90. The molecule has 0 radical (unpaired) electrons. The standard InChI is InChI=1S/C10H6F3N3/c11-10(12,13)9-3-1-2-8(16-9)7-4-14-6-15-5-7/h1-6H. The lowest BCUT2D eigenvalue weighted by molar-refractivity contribution is -0.141. The van der Waals surface area contributed by atoms with Gasteiger partial charge in [-0.05, 0) is 12.1 Å². The van der Waals surface area contributed by atoms with Gasteiger partial charge in [0.15, 0.2) is 0 Å². The van der Waals surface area contributed by atoms with Crippen LogP contribution in [0.2, 0.25) is 0 Å². The molecule has 2 aromatic heterocycles.